The summed E-state index contributed by atoms with van der Waals surface area (Å²) < 4.78 is 1.61. The first kappa shape index (κ1) is 26.9. The van der Waals surface area contributed by atoms with Crippen molar-refractivity contribution in [1.29, 1.82) is 0 Å². The summed E-state index contributed by atoms with van der Waals surface area (Å²) in [5, 5.41) is 16.9. The zero-order valence-corrected chi connectivity index (χ0v) is 22.2. The van der Waals surface area contributed by atoms with Crippen LogP contribution in [-0.2, 0) is 27.3 Å². The van der Waals surface area contributed by atoms with E-state index in [1.807, 2.05) is 44.2 Å². The number of aromatic nitrogens is 5. The fraction of sp³-hybridized carbons (Fsp3) is 0.407. The monoisotopic (exact) mass is 545 g/mol. The molecule has 4 heterocycles. The van der Waals surface area contributed by atoms with Crippen molar-refractivity contribution in [1.82, 2.24) is 45.8 Å². The smallest absolute Gasteiger partial charge is 0.274 e. The van der Waals surface area contributed by atoms with E-state index < -0.39 is 35.8 Å². The molecule has 0 saturated carbocycles. The van der Waals surface area contributed by atoms with Gasteiger partial charge in [0.05, 0.1) is 25.0 Å². The maximum absolute atomic E-state index is 13.7. The Labute approximate surface area is 230 Å². The number of fused-ring (bicyclic) bond motifs is 5. The Morgan fingerprint density at radius 1 is 1.05 bits per heavy atom. The van der Waals surface area contributed by atoms with Crippen LogP contribution in [-0.4, -0.2) is 78.2 Å². The Bertz CT molecular complexity index is 1380. The lowest BCUT2D eigenvalue weighted by atomic mass is 10.00. The summed E-state index contributed by atoms with van der Waals surface area (Å²) in [5.41, 5.74) is 1.49. The molecule has 3 N–H and O–H groups in total. The molecule has 2 aromatic heterocycles. The molecule has 13 heteroatoms. The van der Waals surface area contributed by atoms with Crippen molar-refractivity contribution in [3.63, 3.8) is 0 Å². The van der Waals surface area contributed by atoms with Crippen molar-refractivity contribution in [2.24, 2.45) is 5.92 Å². The molecule has 0 aliphatic carbocycles. The van der Waals surface area contributed by atoms with Gasteiger partial charge in [-0.25, -0.2) is 9.67 Å². The number of nitrogens with one attached hydrogen (secondary N) is 3. The van der Waals surface area contributed by atoms with Gasteiger partial charge >= 0.3 is 0 Å². The van der Waals surface area contributed by atoms with Crippen molar-refractivity contribution in [2.75, 3.05) is 6.54 Å². The number of hydrogen-bond acceptors (Lipinski definition) is 8. The predicted molar refractivity (Wildman–Crippen MR) is 141 cm³/mol. The van der Waals surface area contributed by atoms with Crippen LogP contribution in [0.5, 0.6) is 0 Å². The van der Waals surface area contributed by atoms with E-state index in [1.165, 1.54) is 23.5 Å². The third kappa shape index (κ3) is 5.82. The highest BCUT2D eigenvalue weighted by atomic mass is 16.2. The topological polar surface area (TPSA) is 164 Å². The summed E-state index contributed by atoms with van der Waals surface area (Å²) in [6.45, 7) is 3.90. The Morgan fingerprint density at radius 2 is 1.85 bits per heavy atom. The highest BCUT2D eigenvalue weighted by Crippen LogP contribution is 2.29. The summed E-state index contributed by atoms with van der Waals surface area (Å²) in [6, 6.07) is 6.29. The average molecular weight is 546 g/mol. The second kappa shape index (κ2) is 11.6. The normalized spacial score (nSPS) is 23.6. The fourth-order valence-electron chi connectivity index (χ4n) is 5.01. The molecular formula is C27H31N9O4. The van der Waals surface area contributed by atoms with E-state index in [2.05, 4.69) is 36.2 Å². The van der Waals surface area contributed by atoms with Gasteiger partial charge in [0.1, 0.15) is 29.5 Å². The molecule has 4 atom stereocenters. The van der Waals surface area contributed by atoms with Crippen molar-refractivity contribution in [2.45, 2.75) is 57.4 Å². The van der Waals surface area contributed by atoms with Gasteiger partial charge < -0.3 is 20.9 Å². The third-order valence-electron chi connectivity index (χ3n) is 7.16. The number of hydrogen-bond donors (Lipinski definition) is 3. The largest absolute Gasteiger partial charge is 0.349 e. The van der Waals surface area contributed by atoms with Gasteiger partial charge in [-0.15, -0.1) is 5.10 Å². The number of amides is 4. The van der Waals surface area contributed by atoms with Gasteiger partial charge in [0.2, 0.25) is 17.7 Å². The zero-order chi connectivity index (χ0) is 28.2. The first-order chi connectivity index (χ1) is 19.3. The minimum Gasteiger partial charge on any atom is -0.349 e. The Morgan fingerprint density at radius 3 is 2.58 bits per heavy atom. The van der Waals surface area contributed by atoms with E-state index in [0.717, 1.165) is 5.56 Å². The quantitative estimate of drug-likeness (QED) is 0.413. The number of likely N-dealkylation sites (tertiary alicyclic amines) is 1. The summed E-state index contributed by atoms with van der Waals surface area (Å²) in [7, 11) is 0. The average Bonchev–Trinajstić information content (AvgIpc) is 3.62. The molecule has 5 rings (SSSR count). The molecule has 2 aliphatic rings. The summed E-state index contributed by atoms with van der Waals surface area (Å²) >= 11 is 0. The van der Waals surface area contributed by atoms with Gasteiger partial charge in [-0.1, -0.05) is 49.4 Å². The van der Waals surface area contributed by atoms with Crippen LogP contribution < -0.4 is 16.0 Å². The van der Waals surface area contributed by atoms with Crippen LogP contribution in [0, 0.1) is 5.92 Å². The molecule has 0 spiro atoms. The number of carbonyl (C=O) groups excluding carboxylic acids is 4. The van der Waals surface area contributed by atoms with E-state index in [4.69, 9.17) is 0 Å². The second-order valence-electron chi connectivity index (χ2n) is 10.3. The zero-order valence-electron chi connectivity index (χ0n) is 22.2. The van der Waals surface area contributed by atoms with Gasteiger partial charge in [0.15, 0.2) is 0 Å². The number of benzene rings is 1. The van der Waals surface area contributed by atoms with E-state index in [0.29, 0.717) is 5.69 Å². The summed E-state index contributed by atoms with van der Waals surface area (Å²) in [5.74, 6) is -2.08. The Hall–Kier alpha value is -4.68. The molecule has 0 unspecified atom stereocenters. The maximum Gasteiger partial charge on any atom is 0.274 e. The Balaban J connectivity index is 1.47. The first-order valence-corrected chi connectivity index (χ1v) is 13.2. The lowest BCUT2D eigenvalue weighted by Crippen LogP contribution is -2.58. The van der Waals surface area contributed by atoms with Crippen molar-refractivity contribution in [3.8, 4) is 0 Å². The molecule has 4 amide bonds. The molecule has 2 aliphatic heterocycles. The molecular weight excluding hydrogens is 514 g/mol. The minimum absolute atomic E-state index is 0.100. The van der Waals surface area contributed by atoms with Crippen LogP contribution in [0.25, 0.3) is 0 Å². The number of carbonyl (C=O) groups is 4. The fourth-order valence-corrected chi connectivity index (χ4v) is 5.01. The van der Waals surface area contributed by atoms with Gasteiger partial charge in [-0.05, 0) is 11.5 Å². The third-order valence-corrected chi connectivity index (χ3v) is 7.16. The van der Waals surface area contributed by atoms with Crippen LogP contribution in [0.2, 0.25) is 0 Å². The lowest BCUT2D eigenvalue weighted by molar-refractivity contribution is -0.134. The maximum atomic E-state index is 13.7. The second-order valence-corrected chi connectivity index (χ2v) is 10.3. The lowest BCUT2D eigenvalue weighted by Gasteiger charge is -2.28. The van der Waals surface area contributed by atoms with Crippen LogP contribution in [0.1, 0.15) is 48.1 Å². The molecule has 0 radical (unpaired) electrons. The summed E-state index contributed by atoms with van der Waals surface area (Å²) in [4.78, 5) is 63.3. The van der Waals surface area contributed by atoms with Gasteiger partial charge in [-0.2, -0.15) is 0 Å². The predicted octanol–water partition coefficient (Wildman–Crippen LogP) is 0.0220. The van der Waals surface area contributed by atoms with Crippen molar-refractivity contribution < 1.29 is 19.2 Å². The minimum atomic E-state index is -0.936. The molecule has 4 bridgehead atoms. The Kier molecular flexibility index (Phi) is 7.80. The molecule has 3 aromatic rings. The van der Waals surface area contributed by atoms with Crippen LogP contribution in [0.4, 0.5) is 0 Å². The van der Waals surface area contributed by atoms with Gasteiger partial charge in [0, 0.05) is 31.8 Å². The van der Waals surface area contributed by atoms with Crippen molar-refractivity contribution >= 4 is 23.6 Å². The molecule has 208 valence electrons. The van der Waals surface area contributed by atoms with Crippen LogP contribution in [0.15, 0.2) is 55.1 Å². The van der Waals surface area contributed by atoms with Crippen LogP contribution in [0.3, 0.4) is 0 Å². The molecule has 13 nitrogen and oxygen atoms in total. The molecule has 1 saturated heterocycles. The SMILES string of the molecule is CC(C)[C@@H]1NC(=O)[C@@H]2C[C@@H](CN2C(=O)c2cnccn2)n2cc(nn2)CNC(=O)[C@@H](Cc2ccccc2)NC1=O. The van der Waals surface area contributed by atoms with E-state index in [-0.39, 0.29) is 49.5 Å². The van der Waals surface area contributed by atoms with Gasteiger partial charge in [-0.3, -0.25) is 24.2 Å². The number of rotatable bonds is 4. The highest BCUT2D eigenvalue weighted by molar-refractivity contribution is 5.98. The number of nitrogens with zero attached hydrogens (tertiary/aromatic N) is 6. The standard InChI is InChI=1S/C27H31N9O4/c1-16(2)23-26(39)31-20(10-17-6-4-3-5-7-17)24(37)30-12-18-14-36(34-33-18)19-11-22(25(38)32-23)35(15-19)27(40)21-13-28-8-9-29-21/h3-9,13-14,16,19-20,22-23H,10-12,15H2,1-2H3,(H,30,37)(H,31,39)(H,32,38)/t19-,20+,22-,23-/m0/s1. The van der Waals surface area contributed by atoms with Crippen LogP contribution >= 0.6 is 0 Å². The van der Waals surface area contributed by atoms with Crippen molar-refractivity contribution in [3.05, 3.63) is 72.1 Å². The summed E-state index contributed by atoms with van der Waals surface area (Å²) in [6.07, 6.45) is 6.44. The molecule has 1 aromatic carbocycles. The molecule has 40 heavy (non-hydrogen) atoms. The highest BCUT2D eigenvalue weighted by Gasteiger charge is 2.43. The first-order valence-electron chi connectivity index (χ1n) is 13.2. The van der Waals surface area contributed by atoms with Gasteiger partial charge in [0.25, 0.3) is 5.91 Å². The van der Waals surface area contributed by atoms with E-state index in [1.54, 1.807) is 10.9 Å². The molecule has 1 fully saturated rings. The van der Waals surface area contributed by atoms with E-state index >= 15 is 0 Å². The van der Waals surface area contributed by atoms with E-state index in [9.17, 15) is 19.2 Å².